The summed E-state index contributed by atoms with van der Waals surface area (Å²) in [4.78, 5) is 12.3. The van der Waals surface area contributed by atoms with E-state index in [1.54, 1.807) is 6.08 Å². The molecule has 264 valence electrons. The van der Waals surface area contributed by atoms with Gasteiger partial charge < -0.3 is 15.5 Å². The highest BCUT2D eigenvalue weighted by Crippen LogP contribution is 2.14. The first-order valence-electron chi connectivity index (χ1n) is 19.7. The predicted molar refractivity (Wildman–Crippen MR) is 198 cm³/mol. The van der Waals surface area contributed by atoms with Crippen molar-refractivity contribution in [3.63, 3.8) is 0 Å². The van der Waals surface area contributed by atoms with Crippen molar-refractivity contribution in [2.45, 2.75) is 212 Å². The number of aliphatic hydroxyl groups excluding tert-OH is 2. The molecular weight excluding hydrogens is 554 g/mol. The number of hydrogen-bond acceptors (Lipinski definition) is 3. The summed E-state index contributed by atoms with van der Waals surface area (Å²) in [5, 5.41) is 22.9. The van der Waals surface area contributed by atoms with E-state index < -0.39 is 12.1 Å². The molecule has 0 spiro atoms. The van der Waals surface area contributed by atoms with Crippen LogP contribution < -0.4 is 5.32 Å². The van der Waals surface area contributed by atoms with Crippen LogP contribution >= 0.6 is 0 Å². The standard InChI is InChI=1S/C41H77NO3/c1-3-5-7-9-11-13-15-17-19-20-21-22-23-25-27-29-31-33-35-37-41(45)42-39(38-43)40(44)36-34-32-30-28-26-24-18-16-14-12-10-8-6-4-2/h11,13,15,17,34,36,39-40,43-44H,3-10,12,14,16,18-33,35,37-38H2,1-2H3,(H,42,45)/b13-11-,17-15-,36-34+. The lowest BCUT2D eigenvalue weighted by molar-refractivity contribution is -0.123. The van der Waals surface area contributed by atoms with E-state index in [9.17, 15) is 15.0 Å². The average Bonchev–Trinajstić information content (AvgIpc) is 3.04. The maximum absolute atomic E-state index is 12.3. The Morgan fingerprint density at radius 2 is 0.889 bits per heavy atom. The van der Waals surface area contributed by atoms with Crippen LogP contribution in [0.4, 0.5) is 0 Å². The number of rotatable bonds is 35. The monoisotopic (exact) mass is 632 g/mol. The lowest BCUT2D eigenvalue weighted by Gasteiger charge is -2.20. The Labute approximate surface area is 281 Å². The molecule has 0 saturated heterocycles. The van der Waals surface area contributed by atoms with Gasteiger partial charge in [-0.05, 0) is 44.9 Å². The van der Waals surface area contributed by atoms with E-state index in [0.29, 0.717) is 6.42 Å². The van der Waals surface area contributed by atoms with Crippen LogP contribution in [-0.4, -0.2) is 34.9 Å². The third-order valence-electron chi connectivity index (χ3n) is 8.90. The average molecular weight is 632 g/mol. The van der Waals surface area contributed by atoms with Crippen LogP contribution in [0.3, 0.4) is 0 Å². The zero-order valence-electron chi connectivity index (χ0n) is 30.1. The number of allylic oxidation sites excluding steroid dienone is 5. The Hall–Kier alpha value is -1.39. The summed E-state index contributed by atoms with van der Waals surface area (Å²) in [6.45, 7) is 4.27. The van der Waals surface area contributed by atoms with E-state index in [2.05, 4.69) is 43.5 Å². The van der Waals surface area contributed by atoms with E-state index >= 15 is 0 Å². The zero-order chi connectivity index (χ0) is 32.9. The van der Waals surface area contributed by atoms with E-state index in [1.165, 1.54) is 154 Å². The number of carbonyl (C=O) groups is 1. The minimum absolute atomic E-state index is 0.0692. The van der Waals surface area contributed by atoms with Crippen LogP contribution in [0.5, 0.6) is 0 Å². The summed E-state index contributed by atoms with van der Waals surface area (Å²) in [6.07, 6.45) is 48.0. The third kappa shape index (κ3) is 33.8. The topological polar surface area (TPSA) is 69.6 Å². The molecule has 2 unspecified atom stereocenters. The fourth-order valence-electron chi connectivity index (χ4n) is 5.81. The van der Waals surface area contributed by atoms with Gasteiger partial charge in [-0.1, -0.05) is 185 Å². The predicted octanol–water partition coefficient (Wildman–Crippen LogP) is 11.8. The summed E-state index contributed by atoms with van der Waals surface area (Å²) < 4.78 is 0. The molecule has 0 aromatic rings. The molecule has 3 N–H and O–H groups in total. The second kappa shape index (κ2) is 37.1. The fourth-order valence-corrected chi connectivity index (χ4v) is 5.81. The van der Waals surface area contributed by atoms with Crippen molar-refractivity contribution in [1.82, 2.24) is 5.32 Å². The van der Waals surface area contributed by atoms with Crippen molar-refractivity contribution in [3.05, 3.63) is 36.5 Å². The first-order valence-corrected chi connectivity index (χ1v) is 19.7. The molecule has 4 nitrogen and oxygen atoms in total. The highest BCUT2D eigenvalue weighted by molar-refractivity contribution is 5.76. The largest absolute Gasteiger partial charge is 0.394 e. The van der Waals surface area contributed by atoms with E-state index in [-0.39, 0.29) is 12.5 Å². The molecule has 0 aliphatic heterocycles. The third-order valence-corrected chi connectivity index (χ3v) is 8.90. The number of amides is 1. The highest BCUT2D eigenvalue weighted by Gasteiger charge is 2.17. The first kappa shape index (κ1) is 43.6. The van der Waals surface area contributed by atoms with Gasteiger partial charge in [0.05, 0.1) is 18.8 Å². The van der Waals surface area contributed by atoms with Crippen molar-refractivity contribution in [1.29, 1.82) is 0 Å². The second-order valence-electron chi connectivity index (χ2n) is 13.4. The molecule has 0 aromatic carbocycles. The molecule has 45 heavy (non-hydrogen) atoms. The SMILES string of the molecule is CCCCC/C=C\C=C/CCCCCCCCCCCCC(=O)NC(CO)C(O)/C=C/CCCCCCCCCCCCCC. The van der Waals surface area contributed by atoms with E-state index in [0.717, 1.165) is 25.7 Å². The van der Waals surface area contributed by atoms with Crippen LogP contribution in [0.15, 0.2) is 36.5 Å². The molecular formula is C41H77NO3. The molecule has 1 amide bonds. The Balaban J connectivity index is 3.60. The zero-order valence-corrected chi connectivity index (χ0v) is 30.1. The van der Waals surface area contributed by atoms with Gasteiger partial charge >= 0.3 is 0 Å². The van der Waals surface area contributed by atoms with E-state index in [4.69, 9.17) is 0 Å². The van der Waals surface area contributed by atoms with Gasteiger partial charge in [-0.25, -0.2) is 0 Å². The lowest BCUT2D eigenvalue weighted by atomic mass is 10.0. The number of nitrogens with one attached hydrogen (secondary N) is 1. The second-order valence-corrected chi connectivity index (χ2v) is 13.4. The molecule has 4 heteroatoms. The van der Waals surface area contributed by atoms with Gasteiger partial charge in [-0.2, -0.15) is 0 Å². The van der Waals surface area contributed by atoms with Gasteiger partial charge in [0.25, 0.3) is 0 Å². The molecule has 0 rings (SSSR count). The first-order chi connectivity index (χ1) is 22.2. The molecule has 0 aliphatic rings. The van der Waals surface area contributed by atoms with Crippen LogP contribution in [0.25, 0.3) is 0 Å². The van der Waals surface area contributed by atoms with Gasteiger partial charge in [-0.15, -0.1) is 0 Å². The van der Waals surface area contributed by atoms with Crippen molar-refractivity contribution >= 4 is 5.91 Å². The van der Waals surface area contributed by atoms with Gasteiger partial charge in [0.1, 0.15) is 0 Å². The Kier molecular flexibility index (Phi) is 35.9. The lowest BCUT2D eigenvalue weighted by Crippen LogP contribution is -2.45. The summed E-state index contributed by atoms with van der Waals surface area (Å²) >= 11 is 0. The normalized spacial score (nSPS) is 13.4. The molecule has 0 saturated carbocycles. The molecule has 0 aliphatic carbocycles. The van der Waals surface area contributed by atoms with Crippen LogP contribution in [-0.2, 0) is 4.79 Å². The minimum atomic E-state index is -0.838. The molecule has 0 heterocycles. The van der Waals surface area contributed by atoms with Crippen molar-refractivity contribution in [3.8, 4) is 0 Å². The van der Waals surface area contributed by atoms with Gasteiger partial charge in [-0.3, -0.25) is 4.79 Å². The van der Waals surface area contributed by atoms with Crippen LogP contribution in [0, 0.1) is 0 Å². The summed E-state index contributed by atoms with van der Waals surface area (Å²) in [7, 11) is 0. The Bertz CT molecular complexity index is 686. The quantitative estimate of drug-likeness (QED) is 0.0370. The number of carbonyl (C=O) groups excluding carboxylic acids is 1. The molecule has 0 fully saturated rings. The van der Waals surface area contributed by atoms with Crippen molar-refractivity contribution in [2.24, 2.45) is 0 Å². The Morgan fingerprint density at radius 3 is 1.33 bits per heavy atom. The van der Waals surface area contributed by atoms with Gasteiger partial charge in [0.2, 0.25) is 5.91 Å². The van der Waals surface area contributed by atoms with E-state index in [1.807, 2.05) is 6.08 Å². The molecule has 0 aromatic heterocycles. The smallest absolute Gasteiger partial charge is 0.220 e. The van der Waals surface area contributed by atoms with Crippen LogP contribution in [0.1, 0.15) is 200 Å². The fraction of sp³-hybridized carbons (Fsp3) is 0.829. The van der Waals surface area contributed by atoms with Gasteiger partial charge in [0.15, 0.2) is 0 Å². The summed E-state index contributed by atoms with van der Waals surface area (Å²) in [5.41, 5.74) is 0. The molecule has 2 atom stereocenters. The maximum atomic E-state index is 12.3. The number of hydrogen-bond donors (Lipinski definition) is 3. The highest BCUT2D eigenvalue weighted by atomic mass is 16.3. The summed E-state index contributed by atoms with van der Waals surface area (Å²) in [6, 6.07) is -0.621. The molecule has 0 bridgehead atoms. The Morgan fingerprint density at radius 1 is 0.533 bits per heavy atom. The van der Waals surface area contributed by atoms with Crippen molar-refractivity contribution in [2.75, 3.05) is 6.61 Å². The van der Waals surface area contributed by atoms with Crippen LogP contribution in [0.2, 0.25) is 0 Å². The van der Waals surface area contributed by atoms with Gasteiger partial charge in [0, 0.05) is 6.42 Å². The van der Waals surface area contributed by atoms with Crippen molar-refractivity contribution < 1.29 is 15.0 Å². The maximum Gasteiger partial charge on any atom is 0.220 e. The number of unbranched alkanes of at least 4 members (excludes halogenated alkanes) is 25. The molecule has 0 radical (unpaired) electrons. The summed E-state index contributed by atoms with van der Waals surface area (Å²) in [5.74, 6) is -0.0692. The minimum Gasteiger partial charge on any atom is -0.394 e. The number of aliphatic hydroxyl groups is 2.